The maximum absolute atomic E-state index is 12.7. The third-order valence-corrected chi connectivity index (χ3v) is 4.69. The van der Waals surface area contributed by atoms with Crippen molar-refractivity contribution < 1.29 is 18.8 Å². The van der Waals surface area contributed by atoms with Crippen molar-refractivity contribution in [3.8, 4) is 17.1 Å². The van der Waals surface area contributed by atoms with Gasteiger partial charge in [-0.05, 0) is 35.7 Å². The van der Waals surface area contributed by atoms with Crippen LogP contribution in [-0.2, 0) is 22.6 Å². The summed E-state index contributed by atoms with van der Waals surface area (Å²) in [7, 11) is 1.62. The Balaban J connectivity index is 1.54. The molecule has 2 aromatic carbocycles. The van der Waals surface area contributed by atoms with Gasteiger partial charge in [-0.15, -0.1) is 0 Å². The van der Waals surface area contributed by atoms with E-state index in [2.05, 4.69) is 24.0 Å². The highest BCUT2D eigenvalue weighted by Gasteiger charge is 2.17. The van der Waals surface area contributed by atoms with E-state index in [1.54, 1.807) is 12.0 Å². The molecule has 164 valence electrons. The molecule has 0 atom stereocenters. The van der Waals surface area contributed by atoms with E-state index in [4.69, 9.17) is 14.0 Å². The zero-order valence-electron chi connectivity index (χ0n) is 18.3. The van der Waals surface area contributed by atoms with Crippen LogP contribution in [0.3, 0.4) is 0 Å². The molecule has 0 saturated heterocycles. The average Bonchev–Trinajstić information content (AvgIpc) is 3.26. The number of nitrogens with zero attached hydrogens (tertiary/aromatic N) is 3. The molecule has 0 N–H and O–H groups in total. The Kier molecular flexibility index (Phi) is 8.18. The molecule has 0 bridgehead atoms. The molecule has 31 heavy (non-hydrogen) atoms. The Morgan fingerprint density at radius 2 is 1.84 bits per heavy atom. The summed E-state index contributed by atoms with van der Waals surface area (Å²) in [5.74, 6) is 2.09. The lowest BCUT2D eigenvalue weighted by Crippen LogP contribution is -2.38. The molecule has 0 aliphatic carbocycles. The summed E-state index contributed by atoms with van der Waals surface area (Å²) in [6.45, 7) is 5.77. The molecule has 7 heteroatoms. The number of methoxy groups -OCH3 is 1. The van der Waals surface area contributed by atoms with E-state index >= 15 is 0 Å². The molecule has 7 nitrogen and oxygen atoms in total. The van der Waals surface area contributed by atoms with Crippen LogP contribution in [0.15, 0.2) is 59.1 Å². The Labute approximate surface area is 183 Å². The van der Waals surface area contributed by atoms with Crippen LogP contribution >= 0.6 is 0 Å². The fourth-order valence-corrected chi connectivity index (χ4v) is 3.12. The third kappa shape index (κ3) is 6.93. The van der Waals surface area contributed by atoms with Crippen LogP contribution in [0.5, 0.6) is 5.75 Å². The van der Waals surface area contributed by atoms with Gasteiger partial charge in [-0.2, -0.15) is 4.98 Å². The van der Waals surface area contributed by atoms with Crippen LogP contribution in [-0.4, -0.2) is 47.8 Å². The molecular formula is C24H29N3O4. The summed E-state index contributed by atoms with van der Waals surface area (Å²) in [4.78, 5) is 19.0. The number of ether oxygens (including phenoxy) is 2. The van der Waals surface area contributed by atoms with Crippen LogP contribution in [0, 0.1) is 5.92 Å². The fraction of sp³-hybridized carbons (Fsp3) is 0.375. The van der Waals surface area contributed by atoms with E-state index in [1.165, 1.54) is 0 Å². The van der Waals surface area contributed by atoms with Gasteiger partial charge in [0, 0.05) is 25.1 Å². The summed E-state index contributed by atoms with van der Waals surface area (Å²) in [6.07, 6.45) is 0.486. The lowest BCUT2D eigenvalue weighted by Gasteiger charge is -2.24. The van der Waals surface area contributed by atoms with Crippen molar-refractivity contribution >= 4 is 5.91 Å². The highest BCUT2D eigenvalue weighted by Crippen LogP contribution is 2.20. The number of aromatic nitrogens is 2. The van der Waals surface area contributed by atoms with Crippen molar-refractivity contribution in [2.24, 2.45) is 5.92 Å². The molecule has 1 aromatic heterocycles. The van der Waals surface area contributed by atoms with Gasteiger partial charge in [0.2, 0.25) is 17.6 Å². The van der Waals surface area contributed by atoms with E-state index in [0.29, 0.717) is 43.8 Å². The first kappa shape index (κ1) is 22.5. The largest absolute Gasteiger partial charge is 0.497 e. The van der Waals surface area contributed by atoms with Crippen LogP contribution < -0.4 is 4.74 Å². The minimum atomic E-state index is -0.0421. The summed E-state index contributed by atoms with van der Waals surface area (Å²) in [5, 5.41) is 4.05. The summed E-state index contributed by atoms with van der Waals surface area (Å²) in [6, 6.07) is 17.3. The molecule has 0 saturated carbocycles. The smallest absolute Gasteiger partial charge is 0.248 e. The zero-order chi connectivity index (χ0) is 22.1. The van der Waals surface area contributed by atoms with E-state index < -0.39 is 0 Å². The fourth-order valence-electron chi connectivity index (χ4n) is 3.12. The van der Waals surface area contributed by atoms with Gasteiger partial charge in [0.05, 0.1) is 13.7 Å². The Bertz CT molecular complexity index is 939. The van der Waals surface area contributed by atoms with Crippen LogP contribution in [0.4, 0.5) is 0 Å². The normalized spacial score (nSPS) is 11.0. The number of hydrogen-bond acceptors (Lipinski definition) is 6. The number of carbonyl (C=O) groups excluding carboxylic acids is 1. The van der Waals surface area contributed by atoms with Crippen molar-refractivity contribution in [1.82, 2.24) is 15.0 Å². The average molecular weight is 424 g/mol. The molecule has 3 rings (SSSR count). The van der Waals surface area contributed by atoms with Gasteiger partial charge in [-0.25, -0.2) is 0 Å². The maximum atomic E-state index is 12.7. The Morgan fingerprint density at radius 3 is 2.52 bits per heavy atom. The van der Waals surface area contributed by atoms with Crippen molar-refractivity contribution in [2.75, 3.05) is 26.8 Å². The summed E-state index contributed by atoms with van der Waals surface area (Å²) < 4.78 is 16.2. The minimum Gasteiger partial charge on any atom is -0.497 e. The van der Waals surface area contributed by atoms with Gasteiger partial charge < -0.3 is 18.9 Å². The first-order valence-electron chi connectivity index (χ1n) is 10.4. The van der Waals surface area contributed by atoms with Gasteiger partial charge in [-0.3, -0.25) is 4.79 Å². The van der Waals surface area contributed by atoms with Crippen molar-refractivity contribution in [3.63, 3.8) is 0 Å². The maximum Gasteiger partial charge on any atom is 0.248 e. The number of amides is 1. The van der Waals surface area contributed by atoms with Crippen molar-refractivity contribution in [3.05, 3.63) is 66.1 Å². The Morgan fingerprint density at radius 1 is 1.10 bits per heavy atom. The second-order valence-corrected chi connectivity index (χ2v) is 7.70. The molecule has 1 heterocycles. The van der Waals surface area contributed by atoms with Gasteiger partial charge >= 0.3 is 0 Å². The lowest BCUT2D eigenvalue weighted by molar-refractivity contribution is -0.137. The standard InChI is InChI=1S/C24H29N3O4/c1-18(2)15-27(23(28)17-30-16-19-7-5-4-6-8-19)14-13-22-25-24(26-31-22)20-9-11-21(29-3)12-10-20/h4-12,18H,13-17H2,1-3H3. The van der Waals surface area contributed by atoms with Gasteiger partial charge in [0.1, 0.15) is 12.4 Å². The third-order valence-electron chi connectivity index (χ3n) is 4.69. The van der Waals surface area contributed by atoms with Gasteiger partial charge in [0.15, 0.2) is 0 Å². The molecule has 0 spiro atoms. The number of hydrogen-bond donors (Lipinski definition) is 0. The van der Waals surface area contributed by atoms with E-state index in [0.717, 1.165) is 16.9 Å². The number of benzene rings is 2. The molecule has 0 aliphatic rings. The second-order valence-electron chi connectivity index (χ2n) is 7.70. The molecule has 0 radical (unpaired) electrons. The second kappa shape index (κ2) is 11.3. The van der Waals surface area contributed by atoms with Crippen LogP contribution in [0.25, 0.3) is 11.4 Å². The van der Waals surface area contributed by atoms with Crippen LogP contribution in [0.2, 0.25) is 0 Å². The SMILES string of the molecule is COc1ccc(-c2noc(CCN(CC(C)C)C(=O)COCc3ccccc3)n2)cc1. The highest BCUT2D eigenvalue weighted by atomic mass is 16.5. The van der Waals surface area contributed by atoms with Crippen molar-refractivity contribution in [2.45, 2.75) is 26.9 Å². The topological polar surface area (TPSA) is 77.7 Å². The Hall–Kier alpha value is -3.19. The molecule has 0 aliphatic heterocycles. The number of carbonyl (C=O) groups is 1. The quantitative estimate of drug-likeness (QED) is 0.464. The van der Waals surface area contributed by atoms with Gasteiger partial charge in [0.25, 0.3) is 0 Å². The molecule has 3 aromatic rings. The van der Waals surface area contributed by atoms with E-state index in [-0.39, 0.29) is 12.5 Å². The van der Waals surface area contributed by atoms with Crippen LogP contribution in [0.1, 0.15) is 25.3 Å². The first-order chi connectivity index (χ1) is 15.0. The molecule has 0 fully saturated rings. The van der Waals surface area contributed by atoms with Crippen molar-refractivity contribution in [1.29, 1.82) is 0 Å². The summed E-state index contributed by atoms with van der Waals surface area (Å²) in [5.41, 5.74) is 1.89. The van der Waals surface area contributed by atoms with E-state index in [9.17, 15) is 4.79 Å². The monoisotopic (exact) mass is 423 g/mol. The summed E-state index contributed by atoms with van der Waals surface area (Å²) >= 11 is 0. The highest BCUT2D eigenvalue weighted by molar-refractivity contribution is 5.77. The molecule has 0 unspecified atom stereocenters. The van der Waals surface area contributed by atoms with Gasteiger partial charge in [-0.1, -0.05) is 49.3 Å². The minimum absolute atomic E-state index is 0.0421. The molecule has 1 amide bonds. The molecular weight excluding hydrogens is 394 g/mol. The lowest BCUT2D eigenvalue weighted by atomic mass is 10.2. The zero-order valence-corrected chi connectivity index (χ0v) is 18.3. The predicted molar refractivity (Wildman–Crippen MR) is 118 cm³/mol. The first-order valence-corrected chi connectivity index (χ1v) is 10.4. The van der Waals surface area contributed by atoms with E-state index in [1.807, 2.05) is 54.6 Å². The number of rotatable bonds is 11. The predicted octanol–water partition coefficient (Wildman–Crippen LogP) is 3.99.